The van der Waals surface area contributed by atoms with Crippen molar-refractivity contribution in [2.45, 2.75) is 33.3 Å². The first-order chi connectivity index (χ1) is 18.9. The topological polar surface area (TPSA) is 145 Å². The maximum absolute atomic E-state index is 12.5. The Morgan fingerprint density at radius 1 is 1.12 bits per heavy atom. The molecule has 0 saturated carbocycles. The summed E-state index contributed by atoms with van der Waals surface area (Å²) in [6.45, 7) is 8.35. The van der Waals surface area contributed by atoms with Gasteiger partial charge in [0.15, 0.2) is 6.61 Å². The van der Waals surface area contributed by atoms with Gasteiger partial charge in [-0.1, -0.05) is 12.1 Å². The van der Waals surface area contributed by atoms with E-state index in [2.05, 4.69) is 5.32 Å². The normalized spacial score (nSPS) is 13.6. The van der Waals surface area contributed by atoms with E-state index < -0.39 is 17.8 Å². The van der Waals surface area contributed by atoms with Gasteiger partial charge in [0, 0.05) is 47.6 Å². The number of thiophene rings is 1. The Labute approximate surface area is 239 Å². The maximum Gasteiger partial charge on any atom is 0.413 e. The Balaban J connectivity index is 1.38. The van der Waals surface area contributed by atoms with Gasteiger partial charge in [-0.2, -0.15) is 0 Å². The monoisotopic (exact) mass is 585 g/mol. The van der Waals surface area contributed by atoms with Crippen molar-refractivity contribution in [2.24, 2.45) is 0 Å². The van der Waals surface area contributed by atoms with Crippen LogP contribution in [0.3, 0.4) is 0 Å². The summed E-state index contributed by atoms with van der Waals surface area (Å²) in [7, 11) is 0. The molecule has 1 fully saturated rings. The van der Waals surface area contributed by atoms with Crippen molar-refractivity contribution in [1.82, 2.24) is 20.1 Å². The lowest BCUT2D eigenvalue weighted by Crippen LogP contribution is -2.51. The number of piperazine rings is 1. The van der Waals surface area contributed by atoms with Gasteiger partial charge in [-0.25, -0.2) is 14.6 Å². The number of hydrogen-bond donors (Lipinski definition) is 3. The van der Waals surface area contributed by atoms with Crippen LogP contribution in [0.5, 0.6) is 5.75 Å². The van der Waals surface area contributed by atoms with E-state index in [1.54, 1.807) is 31.7 Å². The fourth-order valence-electron chi connectivity index (χ4n) is 3.94. The molecular formula is C27H31N5O6S2. The molecule has 0 unspecified atom stereocenters. The standard InChI is InChI=1S/C27H31N5O6S2/c1-16-19(13-21(40-16)23(28)30-25(34)38-27(2,3)4)24-29-20(15-39-24)17-6-5-7-18(12-17)37-14-22(33)31-8-10-32(11-9-31)26(35)36/h5-7,12-13,15H,8-11,14H2,1-4H3,(H,35,36)(H2,28,30,34). The summed E-state index contributed by atoms with van der Waals surface area (Å²) in [4.78, 5) is 44.9. The van der Waals surface area contributed by atoms with E-state index in [0.29, 0.717) is 23.7 Å². The number of carbonyl (C=O) groups excluding carboxylic acids is 2. The second-order valence-corrected chi connectivity index (χ2v) is 12.2. The van der Waals surface area contributed by atoms with Gasteiger partial charge in [0.25, 0.3) is 5.91 Å². The van der Waals surface area contributed by atoms with Crippen molar-refractivity contribution in [3.63, 3.8) is 0 Å². The number of nitrogens with zero attached hydrogens (tertiary/aromatic N) is 3. The van der Waals surface area contributed by atoms with Crippen LogP contribution in [0.4, 0.5) is 9.59 Å². The van der Waals surface area contributed by atoms with Crippen LogP contribution in [0.1, 0.15) is 30.5 Å². The third-order valence-electron chi connectivity index (χ3n) is 5.92. The molecule has 1 saturated heterocycles. The highest BCUT2D eigenvalue weighted by molar-refractivity contribution is 7.16. The van der Waals surface area contributed by atoms with Crippen molar-refractivity contribution < 1.29 is 29.0 Å². The van der Waals surface area contributed by atoms with Crippen LogP contribution in [-0.2, 0) is 9.53 Å². The summed E-state index contributed by atoms with van der Waals surface area (Å²) in [6.07, 6.45) is -1.65. The number of carboxylic acid groups (broad SMARTS) is 1. The lowest BCUT2D eigenvalue weighted by molar-refractivity contribution is -0.134. The molecule has 0 radical (unpaired) electrons. The zero-order valence-electron chi connectivity index (χ0n) is 22.6. The van der Waals surface area contributed by atoms with Crippen LogP contribution in [-0.4, -0.2) is 82.2 Å². The number of thiazole rings is 1. The average Bonchev–Trinajstić information content (AvgIpc) is 3.53. The lowest BCUT2D eigenvalue weighted by Gasteiger charge is -2.33. The van der Waals surface area contributed by atoms with Crippen molar-refractivity contribution in [3.8, 4) is 27.6 Å². The van der Waals surface area contributed by atoms with E-state index in [1.807, 2.05) is 36.6 Å². The molecule has 0 aliphatic carbocycles. The lowest BCUT2D eigenvalue weighted by atomic mass is 10.1. The number of hydrogen-bond acceptors (Lipinski definition) is 9. The number of carbonyl (C=O) groups is 3. The first-order valence-electron chi connectivity index (χ1n) is 12.5. The van der Waals surface area contributed by atoms with E-state index in [0.717, 1.165) is 26.7 Å². The molecule has 2 aromatic heterocycles. The first-order valence-corrected chi connectivity index (χ1v) is 14.2. The first kappa shape index (κ1) is 29.0. The molecule has 13 heteroatoms. The predicted molar refractivity (Wildman–Crippen MR) is 153 cm³/mol. The minimum absolute atomic E-state index is 0.0338. The number of nitrogens with one attached hydrogen (secondary N) is 2. The van der Waals surface area contributed by atoms with E-state index >= 15 is 0 Å². The Morgan fingerprint density at radius 3 is 2.50 bits per heavy atom. The molecule has 11 nitrogen and oxygen atoms in total. The quantitative estimate of drug-likeness (QED) is 0.276. The smallest absolute Gasteiger partial charge is 0.413 e. The molecule has 40 heavy (non-hydrogen) atoms. The Kier molecular flexibility index (Phi) is 8.74. The molecule has 0 bridgehead atoms. The predicted octanol–water partition coefficient (Wildman–Crippen LogP) is 4.90. The summed E-state index contributed by atoms with van der Waals surface area (Å²) in [5, 5.41) is 22.5. The number of amidine groups is 1. The maximum atomic E-state index is 12.5. The van der Waals surface area contributed by atoms with Gasteiger partial charge in [-0.3, -0.25) is 15.5 Å². The van der Waals surface area contributed by atoms with Crippen LogP contribution < -0.4 is 10.1 Å². The molecule has 1 aliphatic rings. The molecule has 3 N–H and O–H groups in total. The molecular weight excluding hydrogens is 554 g/mol. The van der Waals surface area contributed by atoms with Gasteiger partial charge in [-0.15, -0.1) is 22.7 Å². The Hall–Kier alpha value is -3.97. The van der Waals surface area contributed by atoms with Gasteiger partial charge < -0.3 is 24.4 Å². The van der Waals surface area contributed by atoms with Gasteiger partial charge in [-0.05, 0) is 45.9 Å². The fourth-order valence-corrected chi connectivity index (χ4v) is 5.84. The number of ether oxygens (including phenoxy) is 2. The second kappa shape index (κ2) is 12.0. The molecule has 1 aromatic carbocycles. The third-order valence-corrected chi connectivity index (χ3v) is 7.86. The minimum Gasteiger partial charge on any atom is -0.484 e. The summed E-state index contributed by atoms with van der Waals surface area (Å²) in [5.41, 5.74) is 1.80. The van der Waals surface area contributed by atoms with Gasteiger partial charge in [0.05, 0.1) is 10.6 Å². The number of rotatable bonds is 6. The SMILES string of the molecule is Cc1sc(C(=N)NC(=O)OC(C)(C)C)cc1-c1nc(-c2cccc(OCC(=O)N3CCN(C(=O)O)CC3)c2)cs1. The highest BCUT2D eigenvalue weighted by Crippen LogP contribution is 2.35. The molecule has 0 spiro atoms. The van der Waals surface area contributed by atoms with Gasteiger partial charge in [0.2, 0.25) is 0 Å². The molecule has 1 aliphatic heterocycles. The molecule has 3 heterocycles. The number of benzene rings is 1. The van der Waals surface area contributed by atoms with E-state index in [9.17, 15) is 14.4 Å². The molecule has 212 valence electrons. The third kappa shape index (κ3) is 7.36. The van der Waals surface area contributed by atoms with Crippen LogP contribution in [0, 0.1) is 12.3 Å². The summed E-state index contributed by atoms with van der Waals surface area (Å²) in [6, 6.07) is 9.16. The van der Waals surface area contributed by atoms with Gasteiger partial charge in [0.1, 0.15) is 22.2 Å². The minimum atomic E-state index is -0.977. The largest absolute Gasteiger partial charge is 0.484 e. The fraction of sp³-hybridized carbons (Fsp3) is 0.370. The van der Waals surface area contributed by atoms with E-state index in [1.165, 1.54) is 27.6 Å². The number of alkyl carbamates (subject to hydrolysis) is 1. The Morgan fingerprint density at radius 2 is 1.82 bits per heavy atom. The van der Waals surface area contributed by atoms with Crippen LogP contribution >= 0.6 is 22.7 Å². The van der Waals surface area contributed by atoms with Crippen LogP contribution in [0.25, 0.3) is 21.8 Å². The van der Waals surface area contributed by atoms with E-state index in [4.69, 9.17) is 25.0 Å². The zero-order valence-corrected chi connectivity index (χ0v) is 24.3. The number of aromatic nitrogens is 1. The van der Waals surface area contributed by atoms with Crippen molar-refractivity contribution in [3.05, 3.63) is 45.5 Å². The van der Waals surface area contributed by atoms with Crippen LogP contribution in [0.2, 0.25) is 0 Å². The van der Waals surface area contributed by atoms with E-state index in [-0.39, 0.29) is 31.4 Å². The molecule has 4 rings (SSSR count). The summed E-state index contributed by atoms with van der Waals surface area (Å²) in [5.74, 6) is 0.302. The molecule has 0 atom stereocenters. The van der Waals surface area contributed by atoms with Gasteiger partial charge >= 0.3 is 12.2 Å². The summed E-state index contributed by atoms with van der Waals surface area (Å²) < 4.78 is 11.0. The highest BCUT2D eigenvalue weighted by atomic mass is 32.1. The van der Waals surface area contributed by atoms with Crippen LogP contribution in [0.15, 0.2) is 35.7 Å². The molecule has 3 amide bonds. The Bertz CT molecular complexity index is 1420. The highest BCUT2D eigenvalue weighted by Gasteiger charge is 2.24. The van der Waals surface area contributed by atoms with Crippen molar-refractivity contribution in [2.75, 3.05) is 32.8 Å². The molecule has 3 aromatic rings. The van der Waals surface area contributed by atoms with Crippen molar-refractivity contribution in [1.29, 1.82) is 5.41 Å². The van der Waals surface area contributed by atoms with Crippen molar-refractivity contribution >= 4 is 46.6 Å². The number of aryl methyl sites for hydroxylation is 1. The average molecular weight is 586 g/mol. The second-order valence-electron chi connectivity index (χ2n) is 10.1. The number of amides is 3. The summed E-state index contributed by atoms with van der Waals surface area (Å²) >= 11 is 2.86. The zero-order chi connectivity index (χ0) is 29.0.